The van der Waals surface area contributed by atoms with Gasteiger partial charge < -0.3 is 5.73 Å². The number of nitriles is 1. The van der Waals surface area contributed by atoms with Crippen LogP contribution in [0.5, 0.6) is 0 Å². The van der Waals surface area contributed by atoms with E-state index in [0.29, 0.717) is 5.69 Å². The zero-order chi connectivity index (χ0) is 16.4. The van der Waals surface area contributed by atoms with Crippen LogP contribution in [0.2, 0.25) is 0 Å². The lowest BCUT2D eigenvalue weighted by Crippen LogP contribution is -2.17. The fourth-order valence-electron chi connectivity index (χ4n) is 2.15. The molecule has 0 radical (unpaired) electrons. The molecule has 0 aliphatic heterocycles. The number of nitrogen functional groups attached to an aromatic ring is 1. The normalized spacial score (nSPS) is 11.1. The molecule has 1 aromatic heterocycles. The lowest BCUT2D eigenvalue weighted by atomic mass is 10.2. The van der Waals surface area contributed by atoms with E-state index in [-0.39, 0.29) is 16.3 Å². The number of hydrogen-bond donors (Lipinski definition) is 1. The molecule has 7 heteroatoms. The summed E-state index contributed by atoms with van der Waals surface area (Å²) in [5.74, 6) is 0.00575. The van der Waals surface area contributed by atoms with Crippen molar-refractivity contribution in [1.29, 1.82) is 5.26 Å². The summed E-state index contributed by atoms with van der Waals surface area (Å²) in [5, 5.41) is 13.0. The van der Waals surface area contributed by atoms with E-state index in [1.54, 1.807) is 0 Å². The number of aromatic nitrogens is 2. The van der Waals surface area contributed by atoms with Crippen LogP contribution in [0.3, 0.4) is 0 Å². The molecule has 0 aliphatic rings. The Balaban J connectivity index is 2.11. The summed E-state index contributed by atoms with van der Waals surface area (Å²) in [7, 11) is -3.96. The highest BCUT2D eigenvalue weighted by atomic mass is 32.2. The van der Waals surface area contributed by atoms with Gasteiger partial charge in [0.25, 0.3) is 10.0 Å². The first-order chi connectivity index (χ1) is 11.0. The molecule has 2 aromatic carbocycles. The largest absolute Gasteiger partial charge is 0.383 e. The molecule has 0 unspecified atom stereocenters. The predicted octanol–water partition coefficient (Wildman–Crippen LogP) is 2.24. The number of nitrogens with two attached hydrogens (primary N) is 1. The summed E-state index contributed by atoms with van der Waals surface area (Å²) in [6, 6.07) is 18.3. The molecule has 0 saturated heterocycles. The molecule has 2 N–H and O–H groups in total. The molecule has 0 spiro atoms. The summed E-state index contributed by atoms with van der Waals surface area (Å²) in [6.45, 7) is 0. The Morgan fingerprint density at radius 1 is 1.04 bits per heavy atom. The minimum Gasteiger partial charge on any atom is -0.383 e. The Labute approximate surface area is 133 Å². The van der Waals surface area contributed by atoms with Gasteiger partial charge in [0, 0.05) is 11.6 Å². The van der Waals surface area contributed by atoms with E-state index in [0.717, 1.165) is 9.65 Å². The van der Waals surface area contributed by atoms with Gasteiger partial charge in [-0.05, 0) is 18.2 Å². The lowest BCUT2D eigenvalue weighted by Gasteiger charge is -2.06. The molecule has 0 aliphatic carbocycles. The Kier molecular flexibility index (Phi) is 3.60. The standard InChI is InChI=1S/C16H12N4O2S/c17-11-12-5-4-8-14(9-12)23(21,22)20-16(18)10-15(19-20)13-6-2-1-3-7-13/h1-10H,18H2. The SMILES string of the molecule is N#Cc1cccc(S(=O)(=O)n2nc(-c3ccccc3)cc2N)c1. The quantitative estimate of drug-likeness (QED) is 0.796. The molecule has 0 atom stereocenters. The van der Waals surface area contributed by atoms with Gasteiger partial charge in [0.1, 0.15) is 5.82 Å². The molecule has 0 saturated carbocycles. The fraction of sp³-hybridized carbons (Fsp3) is 0. The maximum Gasteiger partial charge on any atom is 0.284 e. The van der Waals surface area contributed by atoms with Crippen LogP contribution in [0.4, 0.5) is 5.82 Å². The third-order valence-electron chi connectivity index (χ3n) is 3.26. The molecule has 23 heavy (non-hydrogen) atoms. The lowest BCUT2D eigenvalue weighted by molar-refractivity contribution is 0.581. The zero-order valence-electron chi connectivity index (χ0n) is 11.9. The Morgan fingerprint density at radius 3 is 2.48 bits per heavy atom. The maximum atomic E-state index is 12.7. The van der Waals surface area contributed by atoms with Crippen LogP contribution in [-0.4, -0.2) is 17.6 Å². The number of anilines is 1. The van der Waals surface area contributed by atoms with Crippen molar-refractivity contribution in [2.24, 2.45) is 0 Å². The van der Waals surface area contributed by atoms with E-state index in [4.69, 9.17) is 11.0 Å². The van der Waals surface area contributed by atoms with Crippen molar-refractivity contribution < 1.29 is 8.42 Å². The van der Waals surface area contributed by atoms with E-state index >= 15 is 0 Å². The van der Waals surface area contributed by atoms with Crippen LogP contribution in [0.1, 0.15) is 5.56 Å². The number of rotatable bonds is 3. The molecule has 0 bridgehead atoms. The summed E-state index contributed by atoms with van der Waals surface area (Å²) >= 11 is 0. The first-order valence-electron chi connectivity index (χ1n) is 6.69. The summed E-state index contributed by atoms with van der Waals surface area (Å²) in [5.41, 5.74) is 7.30. The fourth-order valence-corrected chi connectivity index (χ4v) is 3.40. The van der Waals surface area contributed by atoms with Crippen molar-refractivity contribution >= 4 is 15.8 Å². The average Bonchev–Trinajstić information content (AvgIpc) is 2.98. The number of hydrogen-bond acceptors (Lipinski definition) is 5. The summed E-state index contributed by atoms with van der Waals surface area (Å²) in [4.78, 5) is -0.0361. The Morgan fingerprint density at radius 2 is 1.78 bits per heavy atom. The second-order valence-corrected chi connectivity index (χ2v) is 6.58. The van der Waals surface area contributed by atoms with Crippen molar-refractivity contribution in [3.63, 3.8) is 0 Å². The third-order valence-corrected chi connectivity index (χ3v) is 4.86. The highest BCUT2D eigenvalue weighted by Crippen LogP contribution is 2.24. The molecule has 6 nitrogen and oxygen atoms in total. The molecule has 0 fully saturated rings. The smallest absolute Gasteiger partial charge is 0.284 e. The second-order valence-electron chi connectivity index (χ2n) is 4.81. The van der Waals surface area contributed by atoms with Gasteiger partial charge in [-0.1, -0.05) is 36.4 Å². The van der Waals surface area contributed by atoms with Gasteiger partial charge in [-0.15, -0.1) is 4.09 Å². The first kappa shape index (κ1) is 14.8. The second kappa shape index (κ2) is 5.59. The summed E-state index contributed by atoms with van der Waals surface area (Å²) < 4.78 is 26.1. The van der Waals surface area contributed by atoms with E-state index in [1.807, 2.05) is 36.4 Å². The van der Waals surface area contributed by atoms with Crippen LogP contribution < -0.4 is 5.73 Å². The van der Waals surface area contributed by atoms with E-state index in [1.165, 1.54) is 30.3 Å². The average molecular weight is 324 g/mol. The molecule has 0 amide bonds. The van der Waals surface area contributed by atoms with E-state index in [2.05, 4.69) is 5.10 Å². The molecule has 3 aromatic rings. The topological polar surface area (TPSA) is 102 Å². The maximum absolute atomic E-state index is 12.7. The van der Waals surface area contributed by atoms with Crippen molar-refractivity contribution in [3.8, 4) is 17.3 Å². The molecular weight excluding hydrogens is 312 g/mol. The monoisotopic (exact) mass is 324 g/mol. The van der Waals surface area contributed by atoms with Crippen LogP contribution in [0.25, 0.3) is 11.3 Å². The van der Waals surface area contributed by atoms with Crippen molar-refractivity contribution in [1.82, 2.24) is 9.19 Å². The van der Waals surface area contributed by atoms with Crippen molar-refractivity contribution in [3.05, 3.63) is 66.2 Å². The first-order valence-corrected chi connectivity index (χ1v) is 8.13. The van der Waals surface area contributed by atoms with Gasteiger partial charge in [-0.3, -0.25) is 0 Å². The van der Waals surface area contributed by atoms with Crippen LogP contribution >= 0.6 is 0 Å². The minimum absolute atomic E-state index is 0.00575. The highest BCUT2D eigenvalue weighted by molar-refractivity contribution is 7.90. The van der Waals surface area contributed by atoms with E-state index in [9.17, 15) is 8.42 Å². The van der Waals surface area contributed by atoms with Gasteiger partial charge in [-0.2, -0.15) is 18.8 Å². The highest BCUT2D eigenvalue weighted by Gasteiger charge is 2.22. The predicted molar refractivity (Wildman–Crippen MR) is 85.8 cm³/mol. The van der Waals surface area contributed by atoms with E-state index < -0.39 is 10.0 Å². The van der Waals surface area contributed by atoms with Crippen molar-refractivity contribution in [2.75, 3.05) is 5.73 Å². The molecule has 114 valence electrons. The minimum atomic E-state index is -3.96. The molecular formula is C16H12N4O2S. The van der Waals surface area contributed by atoms with Crippen LogP contribution in [0, 0.1) is 11.3 Å². The Bertz CT molecular complexity index is 1000. The molecule has 3 rings (SSSR count). The van der Waals surface area contributed by atoms with Crippen LogP contribution in [-0.2, 0) is 10.0 Å². The van der Waals surface area contributed by atoms with Gasteiger partial charge in [0.05, 0.1) is 22.2 Å². The van der Waals surface area contributed by atoms with Gasteiger partial charge in [0.15, 0.2) is 0 Å². The van der Waals surface area contributed by atoms with Crippen molar-refractivity contribution in [2.45, 2.75) is 4.90 Å². The number of nitrogens with zero attached hydrogens (tertiary/aromatic N) is 3. The van der Waals surface area contributed by atoms with Gasteiger partial charge in [0.2, 0.25) is 0 Å². The third kappa shape index (κ3) is 2.67. The Hall–Kier alpha value is -3.11. The van der Waals surface area contributed by atoms with Gasteiger partial charge >= 0.3 is 0 Å². The van der Waals surface area contributed by atoms with Gasteiger partial charge in [-0.25, -0.2) is 0 Å². The van der Waals surface area contributed by atoms with Crippen LogP contribution in [0.15, 0.2) is 65.6 Å². The zero-order valence-corrected chi connectivity index (χ0v) is 12.7. The molecule has 1 heterocycles. The number of benzene rings is 2. The summed E-state index contributed by atoms with van der Waals surface area (Å²) in [6.07, 6.45) is 0.